The van der Waals surface area contributed by atoms with Crippen molar-refractivity contribution in [3.63, 3.8) is 0 Å². The largest absolute Gasteiger partial charge is 0.320 e. The second-order valence-electron chi connectivity index (χ2n) is 7.05. The van der Waals surface area contributed by atoms with E-state index in [-0.39, 0.29) is 5.91 Å². The fourth-order valence-electron chi connectivity index (χ4n) is 3.68. The van der Waals surface area contributed by atoms with E-state index in [1.807, 2.05) is 18.2 Å². The van der Waals surface area contributed by atoms with Crippen LogP contribution in [0.2, 0.25) is 4.34 Å². The minimum Gasteiger partial charge on any atom is -0.320 e. The van der Waals surface area contributed by atoms with Crippen LogP contribution in [-0.4, -0.2) is 24.6 Å². The Morgan fingerprint density at radius 3 is 2.81 bits per heavy atom. The number of carbonyl (C=O) groups is 1. The van der Waals surface area contributed by atoms with Gasteiger partial charge >= 0.3 is 0 Å². The molecule has 4 rings (SSSR count). The number of nitrogens with one attached hydrogen (secondary N) is 1. The molecule has 1 aliphatic carbocycles. The van der Waals surface area contributed by atoms with Crippen molar-refractivity contribution < 1.29 is 4.79 Å². The Labute approximate surface area is 180 Å². The van der Waals surface area contributed by atoms with Crippen LogP contribution in [0.15, 0.2) is 30.6 Å². The van der Waals surface area contributed by atoms with Crippen molar-refractivity contribution in [3.05, 3.63) is 39.9 Å². The number of amides is 1. The van der Waals surface area contributed by atoms with Crippen molar-refractivity contribution in [1.29, 1.82) is 0 Å². The van der Waals surface area contributed by atoms with E-state index < -0.39 is 0 Å². The molecule has 1 atom stereocenters. The van der Waals surface area contributed by atoms with Gasteiger partial charge in [0.25, 0.3) is 5.91 Å². The molecule has 1 aromatic carbocycles. The van der Waals surface area contributed by atoms with Crippen LogP contribution in [0.1, 0.15) is 48.5 Å². The van der Waals surface area contributed by atoms with E-state index in [9.17, 15) is 4.79 Å². The molecule has 1 unspecified atom stereocenters. The summed E-state index contributed by atoms with van der Waals surface area (Å²) in [5.41, 5.74) is 1.69. The lowest BCUT2D eigenvalue weighted by atomic mass is 9.84. The summed E-state index contributed by atoms with van der Waals surface area (Å²) < 4.78 is 3.35. The van der Waals surface area contributed by atoms with Gasteiger partial charge in [-0.05, 0) is 49.8 Å². The normalized spacial score (nSPS) is 21.3. The molecule has 8 heteroatoms. The zero-order valence-corrected chi connectivity index (χ0v) is 18.6. The molecule has 1 amide bonds. The Morgan fingerprint density at radius 1 is 1.37 bits per heavy atom. The minimum absolute atomic E-state index is 0.245. The first kappa shape index (κ1) is 19.1. The molecular formula is C19H20ClIN4OS. The van der Waals surface area contributed by atoms with Gasteiger partial charge in [0.2, 0.25) is 0 Å². The van der Waals surface area contributed by atoms with Crippen LogP contribution in [0.3, 0.4) is 0 Å². The summed E-state index contributed by atoms with van der Waals surface area (Å²) in [7, 11) is 0. The summed E-state index contributed by atoms with van der Waals surface area (Å²) in [5, 5.41) is 9.04. The highest BCUT2D eigenvalue weighted by Crippen LogP contribution is 2.36. The SMILES string of the molecule is CC(I)[C@H]1CC[C@H](n2cc3cc(NC(=O)c4ncc(Cl)s4)ccc3n2)CC1. The lowest BCUT2D eigenvalue weighted by molar-refractivity contribution is 0.102. The molecule has 0 bridgehead atoms. The third-order valence-corrected chi connectivity index (χ3v) is 7.35. The van der Waals surface area contributed by atoms with Gasteiger partial charge in [-0.1, -0.05) is 52.5 Å². The van der Waals surface area contributed by atoms with Crippen LogP contribution < -0.4 is 5.32 Å². The summed E-state index contributed by atoms with van der Waals surface area (Å²) in [6.07, 6.45) is 8.48. The summed E-state index contributed by atoms with van der Waals surface area (Å²) in [4.78, 5) is 16.3. The maximum Gasteiger partial charge on any atom is 0.284 e. The molecule has 0 saturated heterocycles. The average Bonchev–Trinajstić information content (AvgIpc) is 3.27. The number of aromatic nitrogens is 3. The van der Waals surface area contributed by atoms with Crippen LogP contribution >= 0.6 is 45.5 Å². The van der Waals surface area contributed by atoms with Crippen molar-refractivity contribution in [3.8, 4) is 0 Å². The number of thiazole rings is 1. The number of fused-ring (bicyclic) bond motifs is 1. The lowest BCUT2D eigenvalue weighted by Crippen LogP contribution is -2.22. The molecule has 2 aromatic heterocycles. The van der Waals surface area contributed by atoms with Gasteiger partial charge in [0, 0.05) is 21.2 Å². The number of halogens is 2. The van der Waals surface area contributed by atoms with E-state index in [0.29, 0.717) is 15.4 Å². The standard InChI is InChI=1S/C19H20ClIN4OS/c1-11(21)12-2-5-15(6-3-12)25-10-13-8-14(4-7-16(13)24-25)23-18(26)19-22-9-17(20)27-19/h4,7-12,15H,2-3,5-6H2,1H3,(H,23,26)/t11?,12-,15-. The van der Waals surface area contributed by atoms with E-state index >= 15 is 0 Å². The van der Waals surface area contributed by atoms with Crippen molar-refractivity contribution in [2.24, 2.45) is 5.92 Å². The monoisotopic (exact) mass is 514 g/mol. The van der Waals surface area contributed by atoms with Gasteiger partial charge in [-0.2, -0.15) is 5.10 Å². The van der Waals surface area contributed by atoms with Gasteiger partial charge in [-0.15, -0.1) is 0 Å². The maximum absolute atomic E-state index is 12.3. The predicted octanol–water partition coefficient (Wildman–Crippen LogP) is 5.95. The number of rotatable bonds is 4. The molecule has 2 heterocycles. The zero-order chi connectivity index (χ0) is 19.0. The Morgan fingerprint density at radius 2 is 2.15 bits per heavy atom. The van der Waals surface area contributed by atoms with Gasteiger partial charge in [0.15, 0.2) is 5.01 Å². The molecule has 5 nitrogen and oxygen atoms in total. The zero-order valence-electron chi connectivity index (χ0n) is 14.9. The number of benzene rings is 1. The Balaban J connectivity index is 1.48. The smallest absolute Gasteiger partial charge is 0.284 e. The first-order chi connectivity index (χ1) is 13.0. The Hall–Kier alpha value is -1.19. The second-order valence-corrected chi connectivity index (χ2v) is 10.7. The summed E-state index contributed by atoms with van der Waals surface area (Å²) in [6, 6.07) is 6.26. The highest BCUT2D eigenvalue weighted by molar-refractivity contribution is 14.1. The number of hydrogen-bond donors (Lipinski definition) is 1. The molecule has 1 saturated carbocycles. The molecule has 3 aromatic rings. The fourth-order valence-corrected chi connectivity index (χ4v) is 5.21. The van der Waals surface area contributed by atoms with Crippen molar-refractivity contribution >= 4 is 68.0 Å². The van der Waals surface area contributed by atoms with E-state index in [2.05, 4.69) is 50.7 Å². The molecule has 1 aliphatic rings. The third-order valence-electron chi connectivity index (χ3n) is 5.22. The van der Waals surface area contributed by atoms with E-state index in [4.69, 9.17) is 16.7 Å². The predicted molar refractivity (Wildman–Crippen MR) is 119 cm³/mol. The molecule has 1 fully saturated rings. The molecule has 1 N–H and O–H groups in total. The van der Waals surface area contributed by atoms with Crippen LogP contribution in [0.25, 0.3) is 10.9 Å². The average molecular weight is 515 g/mol. The first-order valence-corrected chi connectivity index (χ1v) is 11.5. The summed E-state index contributed by atoms with van der Waals surface area (Å²) >= 11 is 9.57. The van der Waals surface area contributed by atoms with Crippen LogP contribution in [0, 0.1) is 5.92 Å². The molecule has 27 heavy (non-hydrogen) atoms. The maximum atomic E-state index is 12.3. The number of alkyl halides is 1. The van der Waals surface area contributed by atoms with Gasteiger partial charge in [-0.3, -0.25) is 9.48 Å². The van der Waals surface area contributed by atoms with Crippen LogP contribution in [0.4, 0.5) is 5.69 Å². The van der Waals surface area contributed by atoms with Crippen molar-refractivity contribution in [2.45, 2.75) is 42.6 Å². The van der Waals surface area contributed by atoms with E-state index in [1.165, 1.54) is 43.2 Å². The lowest BCUT2D eigenvalue weighted by Gasteiger charge is -2.30. The molecule has 0 radical (unpaired) electrons. The molecular weight excluding hydrogens is 495 g/mol. The van der Waals surface area contributed by atoms with Gasteiger partial charge in [0.05, 0.1) is 17.8 Å². The number of carbonyl (C=O) groups excluding carboxylic acids is 1. The number of anilines is 1. The van der Waals surface area contributed by atoms with Gasteiger partial charge in [-0.25, -0.2) is 4.98 Å². The number of hydrogen-bond acceptors (Lipinski definition) is 4. The minimum atomic E-state index is -0.245. The van der Waals surface area contributed by atoms with Crippen LogP contribution in [0.5, 0.6) is 0 Å². The van der Waals surface area contributed by atoms with Crippen molar-refractivity contribution in [1.82, 2.24) is 14.8 Å². The van der Waals surface area contributed by atoms with E-state index in [0.717, 1.165) is 26.4 Å². The van der Waals surface area contributed by atoms with Gasteiger partial charge in [0.1, 0.15) is 4.34 Å². The number of nitrogens with zero attached hydrogens (tertiary/aromatic N) is 3. The van der Waals surface area contributed by atoms with Crippen LogP contribution in [-0.2, 0) is 0 Å². The highest BCUT2D eigenvalue weighted by Gasteiger charge is 2.25. The Bertz CT molecular complexity index is 962. The fraction of sp³-hybridized carbons (Fsp3) is 0.421. The van der Waals surface area contributed by atoms with E-state index in [1.54, 1.807) is 0 Å². The third kappa shape index (κ3) is 4.30. The highest BCUT2D eigenvalue weighted by atomic mass is 127. The molecule has 0 aliphatic heterocycles. The first-order valence-electron chi connectivity index (χ1n) is 9.05. The second kappa shape index (κ2) is 8.05. The quantitative estimate of drug-likeness (QED) is 0.345. The summed E-state index contributed by atoms with van der Waals surface area (Å²) in [5.74, 6) is 0.581. The van der Waals surface area contributed by atoms with Crippen molar-refractivity contribution in [2.75, 3.05) is 5.32 Å². The molecule has 142 valence electrons. The Kier molecular flexibility index (Phi) is 5.70. The van der Waals surface area contributed by atoms with Gasteiger partial charge < -0.3 is 5.32 Å². The molecule has 0 spiro atoms. The summed E-state index contributed by atoms with van der Waals surface area (Å²) in [6.45, 7) is 2.31. The topological polar surface area (TPSA) is 59.8 Å².